The van der Waals surface area contributed by atoms with Crippen LogP contribution < -0.4 is 14.8 Å². The van der Waals surface area contributed by atoms with Crippen molar-refractivity contribution in [3.8, 4) is 11.5 Å². The van der Waals surface area contributed by atoms with Gasteiger partial charge in [0, 0.05) is 5.02 Å². The zero-order valence-corrected chi connectivity index (χ0v) is 14.5. The Bertz CT molecular complexity index is 684. The molecule has 7 heteroatoms. The second kappa shape index (κ2) is 8.29. The summed E-state index contributed by atoms with van der Waals surface area (Å²) in [4.78, 5) is 12.0. The van der Waals surface area contributed by atoms with Gasteiger partial charge in [0.05, 0.1) is 22.3 Å². The third-order valence-corrected chi connectivity index (χ3v) is 3.59. The minimum atomic E-state index is -0.401. The monoisotopic (exact) mass is 373 g/mol. The number of rotatable bonds is 6. The summed E-state index contributed by atoms with van der Waals surface area (Å²) < 4.78 is 10.9. The Morgan fingerprint density at radius 2 is 1.61 bits per heavy atom. The molecule has 0 aliphatic heterocycles. The van der Waals surface area contributed by atoms with Gasteiger partial charge in [-0.25, -0.2) is 0 Å². The fourth-order valence-electron chi connectivity index (χ4n) is 1.82. The van der Waals surface area contributed by atoms with Gasteiger partial charge in [-0.3, -0.25) is 4.79 Å². The van der Waals surface area contributed by atoms with Crippen LogP contribution in [-0.2, 0) is 4.79 Å². The van der Waals surface area contributed by atoms with Gasteiger partial charge in [0.1, 0.15) is 0 Å². The van der Waals surface area contributed by atoms with Crippen LogP contribution in [0.1, 0.15) is 6.92 Å². The first kappa shape index (κ1) is 17.7. The zero-order chi connectivity index (χ0) is 16.8. The molecule has 0 aliphatic carbocycles. The van der Waals surface area contributed by atoms with E-state index < -0.39 is 5.91 Å². The van der Waals surface area contributed by atoms with Crippen molar-refractivity contribution in [2.45, 2.75) is 6.92 Å². The van der Waals surface area contributed by atoms with Crippen molar-refractivity contribution in [3.63, 3.8) is 0 Å². The first-order valence-electron chi connectivity index (χ1n) is 6.80. The number of anilines is 1. The first-order chi connectivity index (χ1) is 11.0. The molecule has 0 aromatic heterocycles. The molecule has 23 heavy (non-hydrogen) atoms. The fraction of sp³-hybridized carbons (Fsp3) is 0.188. The predicted octanol–water partition coefficient (Wildman–Crippen LogP) is 5.06. The zero-order valence-electron chi connectivity index (χ0n) is 12.2. The van der Waals surface area contributed by atoms with E-state index in [4.69, 9.17) is 44.3 Å². The van der Waals surface area contributed by atoms with Crippen LogP contribution in [0.2, 0.25) is 15.1 Å². The molecule has 0 spiro atoms. The van der Waals surface area contributed by atoms with Crippen LogP contribution >= 0.6 is 34.8 Å². The number of carbonyl (C=O) groups is 1. The molecule has 1 N–H and O–H groups in total. The van der Waals surface area contributed by atoms with Crippen LogP contribution in [0, 0.1) is 0 Å². The fourth-order valence-corrected chi connectivity index (χ4v) is 2.74. The predicted molar refractivity (Wildman–Crippen MR) is 93.2 cm³/mol. The highest BCUT2D eigenvalue weighted by molar-refractivity contribution is 6.42. The lowest BCUT2D eigenvalue weighted by Gasteiger charge is -2.13. The van der Waals surface area contributed by atoms with E-state index in [-0.39, 0.29) is 16.7 Å². The van der Waals surface area contributed by atoms with Crippen molar-refractivity contribution in [1.82, 2.24) is 0 Å². The highest BCUT2D eigenvalue weighted by Gasteiger charge is 2.13. The van der Waals surface area contributed by atoms with Crippen LogP contribution in [0.15, 0.2) is 36.4 Å². The minimum absolute atomic E-state index is 0.209. The van der Waals surface area contributed by atoms with Crippen molar-refractivity contribution < 1.29 is 14.3 Å². The molecule has 0 atom stereocenters. The highest BCUT2D eigenvalue weighted by Crippen LogP contribution is 2.33. The number of nitrogens with one attached hydrogen (secondary N) is 1. The number of hydrogen-bond donors (Lipinski definition) is 1. The van der Waals surface area contributed by atoms with Crippen LogP contribution in [0.4, 0.5) is 5.69 Å². The van der Waals surface area contributed by atoms with E-state index in [1.54, 1.807) is 18.2 Å². The van der Waals surface area contributed by atoms with Crippen molar-refractivity contribution >= 4 is 46.4 Å². The van der Waals surface area contributed by atoms with Gasteiger partial charge in [-0.15, -0.1) is 0 Å². The molecule has 2 aromatic carbocycles. The van der Waals surface area contributed by atoms with E-state index in [9.17, 15) is 4.79 Å². The number of hydrogen-bond acceptors (Lipinski definition) is 3. The smallest absolute Gasteiger partial charge is 0.262 e. The number of ether oxygens (including phenoxy) is 2. The molecular weight excluding hydrogens is 361 g/mol. The van der Waals surface area contributed by atoms with Crippen LogP contribution in [-0.4, -0.2) is 19.1 Å². The number of amides is 1. The summed E-state index contributed by atoms with van der Waals surface area (Å²) in [5, 5.41) is 3.50. The molecule has 1 amide bonds. The summed E-state index contributed by atoms with van der Waals surface area (Å²) in [6, 6.07) is 10.1. The van der Waals surface area contributed by atoms with E-state index in [0.717, 1.165) is 0 Å². The topological polar surface area (TPSA) is 47.6 Å². The van der Waals surface area contributed by atoms with E-state index in [1.165, 1.54) is 12.1 Å². The molecule has 0 fully saturated rings. The molecule has 0 saturated carbocycles. The average Bonchev–Trinajstić information content (AvgIpc) is 2.50. The van der Waals surface area contributed by atoms with Gasteiger partial charge in [-0.2, -0.15) is 0 Å². The van der Waals surface area contributed by atoms with Gasteiger partial charge in [0.25, 0.3) is 5.91 Å². The Labute approximate surface area is 149 Å². The third-order valence-electron chi connectivity index (χ3n) is 2.78. The maximum Gasteiger partial charge on any atom is 0.262 e. The highest BCUT2D eigenvalue weighted by atomic mass is 35.5. The second-order valence-electron chi connectivity index (χ2n) is 4.46. The van der Waals surface area contributed by atoms with Gasteiger partial charge >= 0.3 is 0 Å². The van der Waals surface area contributed by atoms with Crippen molar-refractivity contribution in [2.24, 2.45) is 0 Å². The second-order valence-corrected chi connectivity index (χ2v) is 5.71. The number of benzene rings is 2. The summed E-state index contributed by atoms with van der Waals surface area (Å²) >= 11 is 17.9. The molecule has 4 nitrogen and oxygen atoms in total. The summed E-state index contributed by atoms with van der Waals surface area (Å²) in [7, 11) is 0. The van der Waals surface area contributed by atoms with Crippen molar-refractivity contribution in [1.29, 1.82) is 0 Å². The Morgan fingerprint density at radius 3 is 2.17 bits per heavy atom. The maximum absolute atomic E-state index is 12.0. The lowest BCUT2D eigenvalue weighted by Crippen LogP contribution is -2.20. The Kier molecular flexibility index (Phi) is 6.39. The Morgan fingerprint density at radius 1 is 1.04 bits per heavy atom. The molecule has 2 aromatic rings. The summed E-state index contributed by atoms with van der Waals surface area (Å²) in [5.74, 6) is 0.658. The minimum Gasteiger partial charge on any atom is -0.490 e. The Hall–Kier alpha value is -1.62. The van der Waals surface area contributed by atoms with E-state index in [1.807, 2.05) is 13.0 Å². The molecule has 0 heterocycles. The Balaban J connectivity index is 2.01. The van der Waals surface area contributed by atoms with Gasteiger partial charge in [0.2, 0.25) is 0 Å². The van der Waals surface area contributed by atoms with E-state index in [0.29, 0.717) is 28.8 Å². The summed E-state index contributed by atoms with van der Waals surface area (Å²) in [5.41, 5.74) is 0.296. The lowest BCUT2D eigenvalue weighted by atomic mass is 10.3. The molecule has 0 saturated heterocycles. The van der Waals surface area contributed by atoms with Crippen molar-refractivity contribution in [2.75, 3.05) is 18.5 Å². The molecule has 0 unspecified atom stereocenters. The SMILES string of the molecule is CCOc1ccccc1OCC(=O)Nc1c(Cl)cc(Cl)cc1Cl. The van der Waals surface area contributed by atoms with Gasteiger partial charge in [-0.1, -0.05) is 46.9 Å². The number of halogens is 3. The molecule has 2 rings (SSSR count). The maximum atomic E-state index is 12.0. The molecular formula is C16H14Cl3NO3. The summed E-state index contributed by atoms with van der Waals surface area (Å²) in [6.07, 6.45) is 0. The quantitative estimate of drug-likeness (QED) is 0.768. The van der Waals surface area contributed by atoms with E-state index >= 15 is 0 Å². The summed E-state index contributed by atoms with van der Waals surface area (Å²) in [6.45, 7) is 2.16. The average molecular weight is 375 g/mol. The van der Waals surface area contributed by atoms with Crippen molar-refractivity contribution in [3.05, 3.63) is 51.5 Å². The number of carbonyl (C=O) groups excluding carboxylic acids is 1. The third kappa shape index (κ3) is 4.93. The van der Waals surface area contributed by atoms with Gasteiger partial charge in [-0.05, 0) is 31.2 Å². The van der Waals surface area contributed by atoms with Gasteiger partial charge < -0.3 is 14.8 Å². The van der Waals surface area contributed by atoms with Crippen LogP contribution in [0.25, 0.3) is 0 Å². The molecule has 122 valence electrons. The van der Waals surface area contributed by atoms with Crippen LogP contribution in [0.3, 0.4) is 0 Å². The van der Waals surface area contributed by atoms with Crippen LogP contribution in [0.5, 0.6) is 11.5 Å². The molecule has 0 bridgehead atoms. The largest absolute Gasteiger partial charge is 0.490 e. The van der Waals surface area contributed by atoms with E-state index in [2.05, 4.69) is 5.32 Å². The molecule has 0 radical (unpaired) electrons. The standard InChI is InChI=1S/C16H14Cl3NO3/c1-2-22-13-5-3-4-6-14(13)23-9-15(21)20-16-11(18)7-10(17)8-12(16)19/h3-8H,2,9H2,1H3,(H,20,21). The molecule has 0 aliphatic rings. The first-order valence-corrected chi connectivity index (χ1v) is 7.93. The van der Waals surface area contributed by atoms with Gasteiger partial charge in [0.15, 0.2) is 18.1 Å². The normalized spacial score (nSPS) is 10.3. The number of para-hydroxylation sites is 2. The lowest BCUT2D eigenvalue weighted by molar-refractivity contribution is -0.118.